The molecular weight excluding hydrogens is 170 g/mol. The molecule has 1 atom stereocenters. The third-order valence-electron chi connectivity index (χ3n) is 1.58. The normalized spacial score (nSPS) is 13.2. The van der Waals surface area contributed by atoms with Crippen molar-refractivity contribution in [2.45, 2.75) is 12.5 Å². The molecule has 5 nitrogen and oxygen atoms in total. The molecule has 0 radical (unpaired) electrons. The van der Waals surface area contributed by atoms with Gasteiger partial charge in [0.1, 0.15) is 0 Å². The Balaban J connectivity index is 3.26. The molecule has 0 amide bonds. The molecule has 0 aromatic rings. The average Bonchev–Trinajstić information content (AvgIpc) is 1.96. The molecular formula is C8H19N3O2. The standard InChI is InChI=1S/C8H19N3O2/c1-11(2)4-3-10-6-7(9)5-8(12)13/h7,10H,3-6,9H2,1-2H3,(H,12,13). The first-order chi connectivity index (χ1) is 6.02. The van der Waals surface area contributed by atoms with E-state index in [0.717, 1.165) is 13.1 Å². The number of carboxylic acid groups (broad SMARTS) is 1. The number of hydrogen-bond acceptors (Lipinski definition) is 4. The summed E-state index contributed by atoms with van der Waals surface area (Å²) in [6, 6.07) is -0.292. The highest BCUT2D eigenvalue weighted by Gasteiger charge is 2.06. The molecule has 4 N–H and O–H groups in total. The van der Waals surface area contributed by atoms with Gasteiger partial charge in [-0.25, -0.2) is 0 Å². The van der Waals surface area contributed by atoms with E-state index in [4.69, 9.17) is 10.8 Å². The molecule has 0 saturated heterocycles. The lowest BCUT2D eigenvalue weighted by atomic mass is 10.2. The quantitative estimate of drug-likeness (QED) is 0.445. The van der Waals surface area contributed by atoms with Crippen molar-refractivity contribution in [3.8, 4) is 0 Å². The number of rotatable bonds is 7. The molecule has 5 heteroatoms. The summed E-state index contributed by atoms with van der Waals surface area (Å²) < 4.78 is 0. The van der Waals surface area contributed by atoms with Gasteiger partial charge >= 0.3 is 5.97 Å². The summed E-state index contributed by atoms with van der Waals surface area (Å²) in [5, 5.41) is 11.5. The molecule has 0 saturated carbocycles. The highest BCUT2D eigenvalue weighted by Crippen LogP contribution is 1.85. The first-order valence-electron chi connectivity index (χ1n) is 4.35. The molecule has 1 unspecified atom stereocenters. The van der Waals surface area contributed by atoms with Gasteiger partial charge in [0.25, 0.3) is 0 Å². The van der Waals surface area contributed by atoms with Gasteiger partial charge in [-0.1, -0.05) is 0 Å². The highest BCUT2D eigenvalue weighted by atomic mass is 16.4. The number of carbonyl (C=O) groups is 1. The van der Waals surface area contributed by atoms with Crippen molar-refractivity contribution in [2.24, 2.45) is 5.73 Å². The van der Waals surface area contributed by atoms with Gasteiger partial charge in [-0.2, -0.15) is 0 Å². The zero-order valence-electron chi connectivity index (χ0n) is 8.29. The summed E-state index contributed by atoms with van der Waals surface area (Å²) in [5.74, 6) is -0.845. The van der Waals surface area contributed by atoms with Crippen LogP contribution in [0, 0.1) is 0 Å². The summed E-state index contributed by atoms with van der Waals surface area (Å²) in [7, 11) is 3.97. The Kier molecular flexibility index (Phi) is 6.48. The predicted octanol–water partition coefficient (Wildman–Crippen LogP) is -1.06. The Bertz CT molecular complexity index is 150. The summed E-state index contributed by atoms with van der Waals surface area (Å²) in [6.45, 7) is 2.32. The van der Waals surface area contributed by atoms with Crippen LogP contribution in [0.2, 0.25) is 0 Å². The van der Waals surface area contributed by atoms with Crippen molar-refractivity contribution in [3.63, 3.8) is 0 Å². The van der Waals surface area contributed by atoms with Crippen LogP contribution in [0.3, 0.4) is 0 Å². The number of likely N-dealkylation sites (N-methyl/N-ethyl adjacent to an activating group) is 1. The van der Waals surface area contributed by atoms with Crippen LogP contribution in [0.15, 0.2) is 0 Å². The maximum atomic E-state index is 10.2. The van der Waals surface area contributed by atoms with Crippen molar-refractivity contribution < 1.29 is 9.90 Å². The second-order valence-corrected chi connectivity index (χ2v) is 3.37. The number of nitrogens with two attached hydrogens (primary N) is 1. The Morgan fingerprint density at radius 3 is 2.69 bits per heavy atom. The van der Waals surface area contributed by atoms with E-state index in [2.05, 4.69) is 10.2 Å². The highest BCUT2D eigenvalue weighted by molar-refractivity contribution is 5.67. The van der Waals surface area contributed by atoms with E-state index in [1.165, 1.54) is 0 Å². The topological polar surface area (TPSA) is 78.6 Å². The fraction of sp³-hybridized carbons (Fsp3) is 0.875. The van der Waals surface area contributed by atoms with Gasteiger partial charge in [-0.3, -0.25) is 4.79 Å². The molecule has 0 aliphatic heterocycles. The third kappa shape index (κ3) is 9.26. The van der Waals surface area contributed by atoms with Crippen LogP contribution in [0.1, 0.15) is 6.42 Å². The van der Waals surface area contributed by atoms with Crippen LogP contribution in [0.4, 0.5) is 0 Å². The monoisotopic (exact) mass is 189 g/mol. The second-order valence-electron chi connectivity index (χ2n) is 3.37. The average molecular weight is 189 g/mol. The molecule has 78 valence electrons. The maximum Gasteiger partial charge on any atom is 0.304 e. The van der Waals surface area contributed by atoms with Crippen LogP contribution >= 0.6 is 0 Å². The number of carboxylic acids is 1. The van der Waals surface area contributed by atoms with E-state index >= 15 is 0 Å². The van der Waals surface area contributed by atoms with Crippen molar-refractivity contribution in [1.29, 1.82) is 0 Å². The largest absolute Gasteiger partial charge is 0.481 e. The van der Waals surface area contributed by atoms with Gasteiger partial charge in [-0.15, -0.1) is 0 Å². The van der Waals surface area contributed by atoms with Crippen molar-refractivity contribution in [1.82, 2.24) is 10.2 Å². The molecule has 0 heterocycles. The van der Waals surface area contributed by atoms with Crippen LogP contribution in [0.5, 0.6) is 0 Å². The predicted molar refractivity (Wildman–Crippen MR) is 51.7 cm³/mol. The smallest absolute Gasteiger partial charge is 0.304 e. The lowest BCUT2D eigenvalue weighted by Gasteiger charge is -2.13. The first-order valence-corrected chi connectivity index (χ1v) is 4.35. The Morgan fingerprint density at radius 2 is 2.23 bits per heavy atom. The number of aliphatic carboxylic acids is 1. The Labute approximate surface area is 78.9 Å². The van der Waals surface area contributed by atoms with Gasteiger partial charge in [0.05, 0.1) is 6.42 Å². The van der Waals surface area contributed by atoms with E-state index in [0.29, 0.717) is 6.54 Å². The van der Waals surface area contributed by atoms with Crippen molar-refractivity contribution in [3.05, 3.63) is 0 Å². The minimum Gasteiger partial charge on any atom is -0.481 e. The Hall–Kier alpha value is -0.650. The second kappa shape index (κ2) is 6.82. The van der Waals surface area contributed by atoms with Gasteiger partial charge in [0.2, 0.25) is 0 Å². The van der Waals surface area contributed by atoms with Crippen molar-refractivity contribution >= 4 is 5.97 Å². The summed E-state index contributed by atoms with van der Waals surface area (Å²) in [4.78, 5) is 12.3. The van der Waals surface area contributed by atoms with Gasteiger partial charge in [0.15, 0.2) is 0 Å². The fourth-order valence-corrected chi connectivity index (χ4v) is 0.887. The van der Waals surface area contributed by atoms with E-state index in [1.807, 2.05) is 14.1 Å². The third-order valence-corrected chi connectivity index (χ3v) is 1.58. The van der Waals surface area contributed by atoms with E-state index in [1.54, 1.807) is 0 Å². The lowest BCUT2D eigenvalue weighted by molar-refractivity contribution is -0.137. The van der Waals surface area contributed by atoms with Gasteiger partial charge < -0.3 is 21.1 Å². The summed E-state index contributed by atoms with van der Waals surface area (Å²) >= 11 is 0. The summed E-state index contributed by atoms with van der Waals surface area (Å²) in [6.07, 6.45) is 0.0228. The molecule has 0 aliphatic rings. The Morgan fingerprint density at radius 1 is 1.62 bits per heavy atom. The molecule has 13 heavy (non-hydrogen) atoms. The zero-order valence-corrected chi connectivity index (χ0v) is 8.29. The van der Waals surface area contributed by atoms with Crippen LogP contribution in [-0.2, 0) is 4.79 Å². The minimum absolute atomic E-state index is 0.0228. The first kappa shape index (κ1) is 12.3. The van der Waals surface area contributed by atoms with Gasteiger partial charge in [-0.05, 0) is 14.1 Å². The fourth-order valence-electron chi connectivity index (χ4n) is 0.887. The molecule has 0 aromatic carbocycles. The minimum atomic E-state index is -0.845. The number of nitrogens with zero attached hydrogens (tertiary/aromatic N) is 1. The number of nitrogens with one attached hydrogen (secondary N) is 1. The van der Waals surface area contributed by atoms with E-state index < -0.39 is 5.97 Å². The van der Waals surface area contributed by atoms with Crippen molar-refractivity contribution in [2.75, 3.05) is 33.7 Å². The van der Waals surface area contributed by atoms with E-state index in [9.17, 15) is 4.79 Å². The number of hydrogen-bond donors (Lipinski definition) is 3. The van der Waals surface area contributed by atoms with Crippen LogP contribution in [-0.4, -0.2) is 55.7 Å². The molecule has 0 spiro atoms. The van der Waals surface area contributed by atoms with Crippen LogP contribution in [0.25, 0.3) is 0 Å². The molecule has 0 fully saturated rings. The summed E-state index contributed by atoms with van der Waals surface area (Å²) in [5.41, 5.74) is 5.53. The molecule has 0 aromatic heterocycles. The zero-order chi connectivity index (χ0) is 10.3. The SMILES string of the molecule is CN(C)CCNCC(N)CC(=O)O. The molecule has 0 bridgehead atoms. The van der Waals surface area contributed by atoms with E-state index in [-0.39, 0.29) is 12.5 Å². The molecule has 0 rings (SSSR count). The molecule has 0 aliphatic carbocycles. The van der Waals surface area contributed by atoms with Gasteiger partial charge in [0, 0.05) is 25.7 Å². The lowest BCUT2D eigenvalue weighted by Crippen LogP contribution is -2.38. The maximum absolute atomic E-state index is 10.2. The van der Waals surface area contributed by atoms with Crippen LogP contribution < -0.4 is 11.1 Å².